The SMILES string of the molecule is CC(C)c1cnn2c(C3CCCCCCCC3)nc(C3CCCCCCCCC3)nc12. The summed E-state index contributed by atoms with van der Waals surface area (Å²) >= 11 is 0. The van der Waals surface area contributed by atoms with Crippen molar-refractivity contribution in [3.8, 4) is 0 Å². The number of rotatable bonds is 3. The van der Waals surface area contributed by atoms with Crippen LogP contribution in [0, 0.1) is 0 Å². The van der Waals surface area contributed by atoms with Gasteiger partial charge in [-0.05, 0) is 31.6 Å². The molecule has 4 nitrogen and oxygen atoms in total. The third-order valence-electron chi connectivity index (χ3n) is 7.75. The van der Waals surface area contributed by atoms with Gasteiger partial charge in [-0.3, -0.25) is 0 Å². The molecule has 172 valence electrons. The Balaban J connectivity index is 1.71. The number of hydrogen-bond donors (Lipinski definition) is 0. The van der Waals surface area contributed by atoms with Crippen LogP contribution in [0.2, 0.25) is 0 Å². The highest BCUT2D eigenvalue weighted by Gasteiger charge is 2.25. The topological polar surface area (TPSA) is 43.1 Å². The maximum absolute atomic E-state index is 5.34. The maximum Gasteiger partial charge on any atom is 0.162 e. The van der Waals surface area contributed by atoms with Crippen molar-refractivity contribution in [2.24, 2.45) is 0 Å². The lowest BCUT2D eigenvalue weighted by Gasteiger charge is -2.21. The van der Waals surface area contributed by atoms with Crippen LogP contribution in [0.3, 0.4) is 0 Å². The molecule has 0 N–H and O–H groups in total. The van der Waals surface area contributed by atoms with E-state index in [1.54, 1.807) is 0 Å². The smallest absolute Gasteiger partial charge is 0.162 e. The van der Waals surface area contributed by atoms with E-state index >= 15 is 0 Å². The molecule has 2 heterocycles. The third kappa shape index (κ3) is 5.87. The largest absolute Gasteiger partial charge is 0.217 e. The van der Waals surface area contributed by atoms with E-state index in [4.69, 9.17) is 15.1 Å². The van der Waals surface area contributed by atoms with E-state index in [0.717, 1.165) is 11.5 Å². The van der Waals surface area contributed by atoms with E-state index in [1.807, 2.05) is 0 Å². The van der Waals surface area contributed by atoms with Crippen molar-refractivity contribution in [1.82, 2.24) is 19.6 Å². The monoisotopic (exact) mass is 424 g/mol. The average Bonchev–Trinajstić information content (AvgIpc) is 3.26. The minimum absolute atomic E-state index is 0.442. The average molecular weight is 425 g/mol. The second kappa shape index (κ2) is 11.4. The molecule has 0 bridgehead atoms. The Kier molecular flexibility index (Phi) is 8.38. The lowest BCUT2D eigenvalue weighted by atomic mass is 9.91. The number of aromatic nitrogens is 4. The van der Waals surface area contributed by atoms with Gasteiger partial charge < -0.3 is 0 Å². The normalized spacial score (nSPS) is 21.6. The Morgan fingerprint density at radius 3 is 1.68 bits per heavy atom. The van der Waals surface area contributed by atoms with Gasteiger partial charge in [0.15, 0.2) is 5.65 Å². The van der Waals surface area contributed by atoms with Crippen LogP contribution < -0.4 is 0 Å². The molecule has 2 aliphatic carbocycles. The third-order valence-corrected chi connectivity index (χ3v) is 7.75. The van der Waals surface area contributed by atoms with Crippen LogP contribution >= 0.6 is 0 Å². The predicted octanol–water partition coefficient (Wildman–Crippen LogP) is 8.07. The van der Waals surface area contributed by atoms with Crippen LogP contribution in [-0.2, 0) is 0 Å². The summed E-state index contributed by atoms with van der Waals surface area (Å²) in [5.74, 6) is 3.84. The van der Waals surface area contributed by atoms with Gasteiger partial charge >= 0.3 is 0 Å². The molecule has 0 amide bonds. The second-order valence-corrected chi connectivity index (χ2v) is 10.6. The molecule has 0 unspecified atom stereocenters. The fourth-order valence-corrected chi connectivity index (χ4v) is 5.75. The number of fused-ring (bicyclic) bond motifs is 1. The Bertz CT molecular complexity index is 789. The summed E-state index contributed by atoms with van der Waals surface area (Å²) < 4.78 is 2.13. The molecule has 31 heavy (non-hydrogen) atoms. The predicted molar refractivity (Wildman–Crippen MR) is 129 cm³/mol. The summed E-state index contributed by atoms with van der Waals surface area (Å²) in [5, 5.41) is 4.83. The van der Waals surface area contributed by atoms with Gasteiger partial charge in [0.05, 0.1) is 6.20 Å². The van der Waals surface area contributed by atoms with Crippen molar-refractivity contribution in [2.45, 2.75) is 141 Å². The standard InChI is InChI=1S/C27H44N4/c1-21(2)24-20-28-31-26(23-18-14-10-6-7-11-15-19-23)29-25(30-27(24)31)22-16-12-8-4-3-5-9-13-17-22/h20-23H,3-19H2,1-2H3. The first kappa shape index (κ1) is 22.7. The zero-order valence-electron chi connectivity index (χ0n) is 20.1. The van der Waals surface area contributed by atoms with E-state index in [2.05, 4.69) is 24.6 Å². The van der Waals surface area contributed by atoms with Crippen molar-refractivity contribution in [1.29, 1.82) is 0 Å². The van der Waals surface area contributed by atoms with Crippen LogP contribution in [0.15, 0.2) is 6.20 Å². The molecule has 0 atom stereocenters. The van der Waals surface area contributed by atoms with Gasteiger partial charge in [0.25, 0.3) is 0 Å². The fourth-order valence-electron chi connectivity index (χ4n) is 5.75. The molecule has 2 fully saturated rings. The molecule has 2 aliphatic rings. The van der Waals surface area contributed by atoms with Gasteiger partial charge in [0, 0.05) is 17.4 Å². The Morgan fingerprint density at radius 2 is 1.16 bits per heavy atom. The van der Waals surface area contributed by atoms with Crippen molar-refractivity contribution in [3.05, 3.63) is 23.4 Å². The summed E-state index contributed by atoms with van der Waals surface area (Å²) in [6.07, 6.45) is 24.9. The zero-order valence-corrected chi connectivity index (χ0v) is 20.1. The molecule has 0 radical (unpaired) electrons. The Labute approximate surface area is 189 Å². The molecule has 0 saturated heterocycles. The van der Waals surface area contributed by atoms with Gasteiger partial charge in [0.2, 0.25) is 0 Å². The lowest BCUT2D eigenvalue weighted by Crippen LogP contribution is -2.16. The quantitative estimate of drug-likeness (QED) is 0.500. The first-order valence-corrected chi connectivity index (χ1v) is 13.5. The Morgan fingerprint density at radius 1 is 0.677 bits per heavy atom. The van der Waals surface area contributed by atoms with Gasteiger partial charge in [-0.1, -0.05) is 97.3 Å². The molecule has 2 aromatic heterocycles. The zero-order chi connectivity index (χ0) is 21.5. The van der Waals surface area contributed by atoms with Gasteiger partial charge in [-0.2, -0.15) is 5.10 Å². The van der Waals surface area contributed by atoms with Gasteiger partial charge in [0.1, 0.15) is 11.6 Å². The summed E-state index contributed by atoms with van der Waals surface area (Å²) in [6, 6.07) is 0. The van der Waals surface area contributed by atoms with E-state index in [-0.39, 0.29) is 0 Å². The van der Waals surface area contributed by atoms with Crippen LogP contribution in [-0.4, -0.2) is 19.6 Å². The lowest BCUT2D eigenvalue weighted by molar-refractivity contribution is 0.441. The fraction of sp³-hybridized carbons (Fsp3) is 0.815. The van der Waals surface area contributed by atoms with Crippen molar-refractivity contribution in [3.63, 3.8) is 0 Å². The van der Waals surface area contributed by atoms with Crippen molar-refractivity contribution < 1.29 is 0 Å². The molecule has 4 rings (SSSR count). The summed E-state index contributed by atoms with van der Waals surface area (Å²) in [5.41, 5.74) is 2.37. The van der Waals surface area contributed by atoms with E-state index in [9.17, 15) is 0 Å². The highest BCUT2D eigenvalue weighted by Crippen LogP contribution is 2.34. The van der Waals surface area contributed by atoms with Crippen LogP contribution in [0.5, 0.6) is 0 Å². The van der Waals surface area contributed by atoms with Gasteiger partial charge in [-0.25, -0.2) is 14.5 Å². The first-order valence-electron chi connectivity index (χ1n) is 13.5. The molecule has 0 aromatic carbocycles. The molecular formula is C27H44N4. The van der Waals surface area contributed by atoms with Gasteiger partial charge in [-0.15, -0.1) is 0 Å². The molecule has 2 saturated carbocycles. The minimum Gasteiger partial charge on any atom is -0.217 e. The molecule has 0 spiro atoms. The highest BCUT2D eigenvalue weighted by molar-refractivity contribution is 5.49. The van der Waals surface area contributed by atoms with E-state index in [1.165, 1.54) is 121 Å². The maximum atomic E-state index is 5.34. The van der Waals surface area contributed by atoms with Crippen molar-refractivity contribution in [2.75, 3.05) is 0 Å². The highest BCUT2D eigenvalue weighted by atomic mass is 15.3. The first-order chi connectivity index (χ1) is 15.2. The number of hydrogen-bond acceptors (Lipinski definition) is 3. The summed E-state index contributed by atoms with van der Waals surface area (Å²) in [6.45, 7) is 4.53. The molecule has 2 aromatic rings. The molecule has 0 aliphatic heterocycles. The van der Waals surface area contributed by atoms with Crippen molar-refractivity contribution >= 4 is 5.65 Å². The minimum atomic E-state index is 0.442. The van der Waals surface area contributed by atoms with Crippen LogP contribution in [0.4, 0.5) is 0 Å². The molecule has 4 heteroatoms. The summed E-state index contributed by atoms with van der Waals surface area (Å²) in [7, 11) is 0. The van der Waals surface area contributed by atoms with Crippen LogP contribution in [0.25, 0.3) is 5.65 Å². The Hall–Kier alpha value is -1.45. The van der Waals surface area contributed by atoms with E-state index in [0.29, 0.717) is 17.8 Å². The van der Waals surface area contributed by atoms with E-state index < -0.39 is 0 Å². The second-order valence-electron chi connectivity index (χ2n) is 10.6. The summed E-state index contributed by atoms with van der Waals surface area (Å²) in [4.78, 5) is 10.6. The molecular weight excluding hydrogens is 380 g/mol. The number of nitrogens with zero attached hydrogens (tertiary/aromatic N) is 4. The van der Waals surface area contributed by atoms with Crippen LogP contribution in [0.1, 0.15) is 158 Å².